The van der Waals surface area contributed by atoms with Crippen molar-refractivity contribution in [3.05, 3.63) is 46.3 Å². The molecule has 0 unspecified atom stereocenters. The zero-order valence-corrected chi connectivity index (χ0v) is 6.78. The van der Waals surface area contributed by atoms with E-state index in [0.29, 0.717) is 11.1 Å². The molecule has 0 saturated heterocycles. The molecule has 0 aliphatic rings. The molecule has 0 aromatic heterocycles. The van der Waals surface area contributed by atoms with Crippen LogP contribution in [0.3, 0.4) is 0 Å². The van der Waals surface area contributed by atoms with Gasteiger partial charge < -0.3 is 4.85 Å². The summed E-state index contributed by atoms with van der Waals surface area (Å²) >= 11 is 0. The van der Waals surface area contributed by atoms with Gasteiger partial charge in [-0.15, -0.1) is 0 Å². The number of hydrogen-bond donors (Lipinski definition) is 0. The summed E-state index contributed by atoms with van der Waals surface area (Å²) in [5.74, 6) is 0. The predicted molar refractivity (Wildman–Crippen MR) is 46.2 cm³/mol. The highest BCUT2D eigenvalue weighted by Crippen LogP contribution is 2.10. The van der Waals surface area contributed by atoms with Gasteiger partial charge in [-0.2, -0.15) is 10.5 Å². The van der Waals surface area contributed by atoms with E-state index >= 15 is 0 Å². The Bertz CT molecular complexity index is 441. The molecule has 1 rings (SSSR count). The first-order valence-corrected chi connectivity index (χ1v) is 3.58. The summed E-state index contributed by atoms with van der Waals surface area (Å²) < 4.78 is 0. The Labute approximate surface area is 76.3 Å². The predicted octanol–water partition coefficient (Wildman–Crippen LogP) is 1.85. The quantitative estimate of drug-likeness (QED) is 0.599. The SMILES string of the molecule is [C-]#[N+]Cc1ccc(C#N)c(C#N)c1. The van der Waals surface area contributed by atoms with Crippen molar-refractivity contribution >= 4 is 0 Å². The zero-order valence-electron chi connectivity index (χ0n) is 6.78. The fourth-order valence-electron chi connectivity index (χ4n) is 0.971. The van der Waals surface area contributed by atoms with Gasteiger partial charge in [-0.3, -0.25) is 0 Å². The molecule has 0 radical (unpaired) electrons. The van der Waals surface area contributed by atoms with E-state index in [1.807, 2.05) is 12.1 Å². The van der Waals surface area contributed by atoms with Crippen LogP contribution in [-0.4, -0.2) is 0 Å². The van der Waals surface area contributed by atoms with E-state index in [1.54, 1.807) is 18.2 Å². The Morgan fingerprint density at radius 2 is 1.92 bits per heavy atom. The third kappa shape index (κ3) is 1.83. The van der Waals surface area contributed by atoms with Crippen LogP contribution < -0.4 is 0 Å². The van der Waals surface area contributed by atoms with Crippen LogP contribution in [0, 0.1) is 29.2 Å². The summed E-state index contributed by atoms with van der Waals surface area (Å²) in [6, 6.07) is 8.68. The molecule has 1 aromatic carbocycles. The van der Waals surface area contributed by atoms with Crippen molar-refractivity contribution in [2.45, 2.75) is 6.54 Å². The van der Waals surface area contributed by atoms with E-state index in [-0.39, 0.29) is 6.54 Å². The lowest BCUT2D eigenvalue weighted by atomic mass is 10.1. The first-order chi connectivity index (χ1) is 6.31. The van der Waals surface area contributed by atoms with E-state index in [0.717, 1.165) is 5.56 Å². The largest absolute Gasteiger partial charge is 0.312 e. The molecule has 0 N–H and O–H groups in total. The molecular weight excluding hydrogens is 162 g/mol. The maximum atomic E-state index is 8.66. The second kappa shape index (κ2) is 3.90. The van der Waals surface area contributed by atoms with E-state index < -0.39 is 0 Å². The topological polar surface area (TPSA) is 51.9 Å². The van der Waals surface area contributed by atoms with Crippen LogP contribution >= 0.6 is 0 Å². The number of benzene rings is 1. The molecule has 0 aliphatic carbocycles. The number of nitrogens with zero attached hydrogens (tertiary/aromatic N) is 3. The molecule has 0 bridgehead atoms. The van der Waals surface area contributed by atoms with Crippen LogP contribution in [0.5, 0.6) is 0 Å². The van der Waals surface area contributed by atoms with Crippen molar-refractivity contribution in [2.75, 3.05) is 0 Å². The summed E-state index contributed by atoms with van der Waals surface area (Å²) in [7, 11) is 0. The minimum Gasteiger partial charge on any atom is -0.312 e. The first kappa shape index (κ1) is 8.78. The molecule has 0 atom stereocenters. The lowest BCUT2D eigenvalue weighted by Crippen LogP contribution is -1.86. The van der Waals surface area contributed by atoms with Crippen LogP contribution in [-0.2, 0) is 6.54 Å². The Morgan fingerprint density at radius 3 is 2.46 bits per heavy atom. The van der Waals surface area contributed by atoms with Gasteiger partial charge in [0.2, 0.25) is 6.54 Å². The lowest BCUT2D eigenvalue weighted by Gasteiger charge is -1.94. The minimum atomic E-state index is 0.250. The second-order valence-electron chi connectivity index (χ2n) is 2.42. The van der Waals surface area contributed by atoms with Gasteiger partial charge in [-0.1, -0.05) is 6.07 Å². The highest BCUT2D eigenvalue weighted by atomic mass is 14.6. The van der Waals surface area contributed by atoms with Crippen LogP contribution in [0.1, 0.15) is 16.7 Å². The molecule has 0 amide bonds. The Kier molecular flexibility index (Phi) is 2.64. The van der Waals surface area contributed by atoms with Gasteiger partial charge in [0.1, 0.15) is 12.1 Å². The van der Waals surface area contributed by atoms with Gasteiger partial charge >= 0.3 is 0 Å². The fraction of sp³-hybridized carbons (Fsp3) is 0.100. The van der Waals surface area contributed by atoms with Gasteiger partial charge in [0.15, 0.2) is 0 Å². The maximum absolute atomic E-state index is 8.66. The van der Waals surface area contributed by atoms with E-state index in [2.05, 4.69) is 4.85 Å². The Hall–Kier alpha value is -2.31. The smallest absolute Gasteiger partial charge is 0.239 e. The standard InChI is InChI=1S/C10H5N3/c1-13-7-8-2-3-9(5-11)10(4-8)6-12/h2-4H,7H2. The Morgan fingerprint density at radius 1 is 1.23 bits per heavy atom. The maximum Gasteiger partial charge on any atom is 0.239 e. The van der Waals surface area contributed by atoms with Crippen molar-refractivity contribution in [3.8, 4) is 12.1 Å². The van der Waals surface area contributed by atoms with Gasteiger partial charge in [0, 0.05) is 5.56 Å². The summed E-state index contributed by atoms with van der Waals surface area (Å²) in [4.78, 5) is 3.19. The van der Waals surface area contributed by atoms with Crippen LogP contribution in [0.15, 0.2) is 18.2 Å². The molecule has 0 heterocycles. The minimum absolute atomic E-state index is 0.250. The van der Waals surface area contributed by atoms with Crippen molar-refractivity contribution in [1.29, 1.82) is 10.5 Å². The molecule has 3 nitrogen and oxygen atoms in total. The number of nitriles is 2. The molecule has 60 valence electrons. The first-order valence-electron chi connectivity index (χ1n) is 3.58. The molecule has 1 aromatic rings. The van der Waals surface area contributed by atoms with Gasteiger partial charge in [0.25, 0.3) is 0 Å². The van der Waals surface area contributed by atoms with Crippen LogP contribution in [0.25, 0.3) is 4.85 Å². The number of hydrogen-bond acceptors (Lipinski definition) is 2. The zero-order chi connectivity index (χ0) is 9.68. The van der Waals surface area contributed by atoms with Crippen LogP contribution in [0.2, 0.25) is 0 Å². The normalized spacial score (nSPS) is 8.08. The van der Waals surface area contributed by atoms with Crippen LogP contribution in [0.4, 0.5) is 0 Å². The summed E-state index contributed by atoms with van der Waals surface area (Å²) in [5, 5.41) is 17.3. The average Bonchev–Trinajstić information content (AvgIpc) is 2.18. The summed E-state index contributed by atoms with van der Waals surface area (Å²) in [6.45, 7) is 6.89. The molecule has 0 fully saturated rings. The van der Waals surface area contributed by atoms with Gasteiger partial charge in [-0.05, 0) is 12.1 Å². The monoisotopic (exact) mass is 167 g/mol. The third-order valence-electron chi connectivity index (χ3n) is 1.59. The van der Waals surface area contributed by atoms with E-state index in [4.69, 9.17) is 17.1 Å². The van der Waals surface area contributed by atoms with E-state index in [9.17, 15) is 0 Å². The summed E-state index contributed by atoms with van der Waals surface area (Å²) in [6.07, 6.45) is 0. The highest BCUT2D eigenvalue weighted by molar-refractivity contribution is 5.47. The average molecular weight is 167 g/mol. The van der Waals surface area contributed by atoms with Crippen molar-refractivity contribution < 1.29 is 0 Å². The van der Waals surface area contributed by atoms with Crippen molar-refractivity contribution in [2.24, 2.45) is 0 Å². The van der Waals surface area contributed by atoms with Crippen molar-refractivity contribution in [3.63, 3.8) is 0 Å². The van der Waals surface area contributed by atoms with Crippen molar-refractivity contribution in [1.82, 2.24) is 0 Å². The summed E-state index contributed by atoms with van der Waals surface area (Å²) in [5.41, 5.74) is 1.46. The fourth-order valence-corrected chi connectivity index (χ4v) is 0.971. The second-order valence-corrected chi connectivity index (χ2v) is 2.42. The molecule has 3 heteroatoms. The molecule has 13 heavy (non-hydrogen) atoms. The Balaban J connectivity index is 3.19. The van der Waals surface area contributed by atoms with Gasteiger partial charge in [0.05, 0.1) is 11.1 Å². The molecule has 0 spiro atoms. The number of rotatable bonds is 1. The van der Waals surface area contributed by atoms with E-state index in [1.165, 1.54) is 0 Å². The molecule has 0 aliphatic heterocycles. The molecule has 0 saturated carbocycles. The highest BCUT2D eigenvalue weighted by Gasteiger charge is 2.03. The lowest BCUT2D eigenvalue weighted by molar-refractivity contribution is 1.25. The van der Waals surface area contributed by atoms with Gasteiger partial charge in [-0.25, -0.2) is 6.57 Å². The molecular formula is C10H5N3. The third-order valence-corrected chi connectivity index (χ3v) is 1.59.